The number of pyridine rings is 1. The van der Waals surface area contributed by atoms with Crippen LogP contribution in [-0.2, 0) is 13.1 Å². The number of carbonyl (C=O) groups is 1. The number of fused-ring (bicyclic) bond motifs is 1. The minimum Gasteiger partial charge on any atom is -0.491 e. The van der Waals surface area contributed by atoms with Crippen molar-refractivity contribution in [2.24, 2.45) is 0 Å². The number of aromatic nitrogens is 2. The second kappa shape index (κ2) is 10.1. The number of rotatable bonds is 5. The molecule has 0 N–H and O–H groups in total. The molecule has 0 atom stereocenters. The van der Waals surface area contributed by atoms with Crippen molar-refractivity contribution in [2.75, 3.05) is 44.2 Å². The van der Waals surface area contributed by atoms with Crippen LogP contribution in [0.25, 0.3) is 0 Å². The van der Waals surface area contributed by atoms with Gasteiger partial charge in [0.25, 0.3) is 5.91 Å². The summed E-state index contributed by atoms with van der Waals surface area (Å²) in [6.45, 7) is 10.6. The van der Waals surface area contributed by atoms with Gasteiger partial charge in [0.05, 0.1) is 11.6 Å². The van der Waals surface area contributed by atoms with Gasteiger partial charge in [-0.05, 0) is 29.8 Å². The molecule has 34 heavy (non-hydrogen) atoms. The molecule has 5 rings (SSSR count). The largest absolute Gasteiger partial charge is 0.491 e. The molecule has 178 valence electrons. The van der Waals surface area contributed by atoms with Crippen LogP contribution in [0.3, 0.4) is 0 Å². The van der Waals surface area contributed by atoms with Gasteiger partial charge in [-0.1, -0.05) is 26.0 Å². The van der Waals surface area contributed by atoms with Gasteiger partial charge in [-0.2, -0.15) is 0 Å². The average molecular weight is 478 g/mol. The Morgan fingerprint density at radius 3 is 2.71 bits per heavy atom. The van der Waals surface area contributed by atoms with Crippen molar-refractivity contribution in [3.8, 4) is 5.75 Å². The van der Waals surface area contributed by atoms with Crippen LogP contribution in [0.4, 0.5) is 5.82 Å². The summed E-state index contributed by atoms with van der Waals surface area (Å²) in [4.78, 5) is 28.9. The highest BCUT2D eigenvalue weighted by molar-refractivity contribution is 7.09. The van der Waals surface area contributed by atoms with Crippen molar-refractivity contribution in [1.82, 2.24) is 19.8 Å². The molecule has 4 heterocycles. The van der Waals surface area contributed by atoms with E-state index in [-0.39, 0.29) is 5.91 Å². The SMILES string of the molecule is CC(C)c1nc(C(=O)N2CCOc3ccc(CN4CCN(c5ccccn5)CC4)cc3C2)cs1. The van der Waals surface area contributed by atoms with E-state index < -0.39 is 0 Å². The minimum absolute atomic E-state index is 0.0179. The van der Waals surface area contributed by atoms with E-state index in [9.17, 15) is 4.79 Å². The van der Waals surface area contributed by atoms with E-state index in [1.807, 2.05) is 28.6 Å². The van der Waals surface area contributed by atoms with Crippen molar-refractivity contribution in [1.29, 1.82) is 0 Å². The molecule has 3 aromatic rings. The summed E-state index contributed by atoms with van der Waals surface area (Å²) < 4.78 is 5.98. The molecule has 0 radical (unpaired) electrons. The van der Waals surface area contributed by atoms with Crippen LogP contribution in [-0.4, -0.2) is 65.0 Å². The number of anilines is 1. The second-order valence-corrected chi connectivity index (χ2v) is 10.1. The maximum absolute atomic E-state index is 13.1. The zero-order valence-electron chi connectivity index (χ0n) is 19.8. The van der Waals surface area contributed by atoms with Crippen LogP contribution < -0.4 is 9.64 Å². The summed E-state index contributed by atoms with van der Waals surface area (Å²) >= 11 is 1.56. The summed E-state index contributed by atoms with van der Waals surface area (Å²) in [5.74, 6) is 2.23. The van der Waals surface area contributed by atoms with E-state index in [4.69, 9.17) is 4.74 Å². The lowest BCUT2D eigenvalue weighted by Gasteiger charge is -2.35. The first-order chi connectivity index (χ1) is 16.6. The fourth-order valence-corrected chi connectivity index (χ4v) is 5.28. The first kappa shape index (κ1) is 22.8. The lowest BCUT2D eigenvalue weighted by molar-refractivity contribution is 0.0728. The van der Waals surface area contributed by atoms with Gasteiger partial charge in [0, 0.05) is 62.3 Å². The molecule has 8 heteroatoms. The molecular formula is C26H31N5O2S. The van der Waals surface area contributed by atoms with Gasteiger partial charge in [-0.15, -0.1) is 11.3 Å². The van der Waals surface area contributed by atoms with Gasteiger partial charge in [-0.3, -0.25) is 9.69 Å². The monoisotopic (exact) mass is 477 g/mol. The normalized spacial score (nSPS) is 16.8. The highest BCUT2D eigenvalue weighted by Crippen LogP contribution is 2.27. The van der Waals surface area contributed by atoms with Gasteiger partial charge >= 0.3 is 0 Å². The number of hydrogen-bond donors (Lipinski definition) is 0. The number of ether oxygens (including phenoxy) is 1. The number of benzene rings is 1. The highest BCUT2D eigenvalue weighted by Gasteiger charge is 2.24. The Hall–Kier alpha value is -2.97. The molecule has 2 aliphatic heterocycles. The van der Waals surface area contributed by atoms with Crippen LogP contribution >= 0.6 is 11.3 Å². The van der Waals surface area contributed by atoms with Crippen molar-refractivity contribution >= 4 is 23.1 Å². The number of piperazine rings is 1. The minimum atomic E-state index is -0.0179. The van der Waals surface area contributed by atoms with Crippen molar-refractivity contribution in [3.05, 3.63) is 69.8 Å². The maximum atomic E-state index is 13.1. The number of hydrogen-bond acceptors (Lipinski definition) is 7. The number of nitrogens with zero attached hydrogens (tertiary/aromatic N) is 5. The fourth-order valence-electron chi connectivity index (χ4n) is 4.47. The molecule has 0 unspecified atom stereocenters. The first-order valence-corrected chi connectivity index (χ1v) is 12.8. The van der Waals surface area contributed by atoms with Crippen LogP contribution in [0.2, 0.25) is 0 Å². The standard InChI is InChI=1S/C26H31N5O2S/c1-19(2)25-28-22(18-34-25)26(32)31-13-14-33-23-7-6-20(15-21(23)17-31)16-29-9-11-30(12-10-29)24-5-3-4-8-27-24/h3-8,15,18-19H,9-14,16-17H2,1-2H3. The Balaban J connectivity index is 1.23. The summed E-state index contributed by atoms with van der Waals surface area (Å²) in [7, 11) is 0. The maximum Gasteiger partial charge on any atom is 0.273 e. The number of thiazole rings is 1. The third kappa shape index (κ3) is 5.08. The van der Waals surface area contributed by atoms with Crippen LogP contribution in [0, 0.1) is 0 Å². The third-order valence-corrected chi connectivity index (χ3v) is 7.52. The van der Waals surface area contributed by atoms with Crippen LogP contribution in [0.1, 0.15) is 46.4 Å². The Labute approximate surface area is 205 Å². The van der Waals surface area contributed by atoms with E-state index in [1.54, 1.807) is 11.3 Å². The molecule has 0 saturated carbocycles. The molecule has 1 saturated heterocycles. The number of carbonyl (C=O) groups excluding carboxylic acids is 1. The summed E-state index contributed by atoms with van der Waals surface area (Å²) in [5.41, 5.74) is 2.85. The predicted molar refractivity (Wildman–Crippen MR) is 135 cm³/mol. The molecule has 0 bridgehead atoms. The van der Waals surface area contributed by atoms with Gasteiger partial charge in [-0.25, -0.2) is 9.97 Å². The van der Waals surface area contributed by atoms with E-state index in [0.29, 0.717) is 31.3 Å². The number of amides is 1. The van der Waals surface area contributed by atoms with Crippen LogP contribution in [0.5, 0.6) is 5.75 Å². The Kier molecular flexibility index (Phi) is 6.78. The van der Waals surface area contributed by atoms with Crippen LogP contribution in [0.15, 0.2) is 48.0 Å². The Morgan fingerprint density at radius 1 is 1.12 bits per heavy atom. The van der Waals surface area contributed by atoms with E-state index >= 15 is 0 Å². The molecular weight excluding hydrogens is 446 g/mol. The quantitative estimate of drug-likeness (QED) is 0.553. The molecule has 2 aliphatic rings. The zero-order valence-corrected chi connectivity index (χ0v) is 20.6. The Morgan fingerprint density at radius 2 is 1.97 bits per heavy atom. The predicted octanol–water partition coefficient (Wildman–Crippen LogP) is 4.02. The first-order valence-electron chi connectivity index (χ1n) is 11.9. The van der Waals surface area contributed by atoms with Gasteiger partial charge < -0.3 is 14.5 Å². The van der Waals surface area contributed by atoms with E-state index in [0.717, 1.165) is 54.9 Å². The topological polar surface area (TPSA) is 61.8 Å². The molecule has 0 spiro atoms. The highest BCUT2D eigenvalue weighted by atomic mass is 32.1. The summed E-state index contributed by atoms with van der Waals surface area (Å²) in [5, 5.41) is 2.88. The molecule has 2 aromatic heterocycles. The molecule has 1 fully saturated rings. The molecule has 7 nitrogen and oxygen atoms in total. The van der Waals surface area contributed by atoms with Crippen molar-refractivity contribution in [2.45, 2.75) is 32.9 Å². The summed E-state index contributed by atoms with van der Waals surface area (Å²) in [6, 6.07) is 12.5. The van der Waals surface area contributed by atoms with E-state index in [2.05, 4.69) is 57.9 Å². The lowest BCUT2D eigenvalue weighted by atomic mass is 10.1. The van der Waals surface area contributed by atoms with Crippen molar-refractivity contribution < 1.29 is 9.53 Å². The van der Waals surface area contributed by atoms with E-state index in [1.165, 1.54) is 5.56 Å². The second-order valence-electron chi connectivity index (χ2n) is 9.19. The lowest BCUT2D eigenvalue weighted by Crippen LogP contribution is -2.46. The molecule has 1 amide bonds. The third-order valence-electron chi connectivity index (χ3n) is 6.38. The van der Waals surface area contributed by atoms with Gasteiger partial charge in [0.1, 0.15) is 23.9 Å². The zero-order chi connectivity index (χ0) is 23.5. The smallest absolute Gasteiger partial charge is 0.273 e. The molecule has 1 aromatic carbocycles. The van der Waals surface area contributed by atoms with Gasteiger partial charge in [0.15, 0.2) is 0 Å². The Bertz CT molecular complexity index is 1130. The fraction of sp³-hybridized carbons (Fsp3) is 0.423. The van der Waals surface area contributed by atoms with Gasteiger partial charge in [0.2, 0.25) is 0 Å². The average Bonchev–Trinajstić information content (AvgIpc) is 3.27. The summed E-state index contributed by atoms with van der Waals surface area (Å²) in [6.07, 6.45) is 1.85. The van der Waals surface area contributed by atoms with Crippen molar-refractivity contribution in [3.63, 3.8) is 0 Å². The molecule has 0 aliphatic carbocycles.